The van der Waals surface area contributed by atoms with Gasteiger partial charge in [0.1, 0.15) is 11.6 Å². The third kappa shape index (κ3) is 6.86. The van der Waals surface area contributed by atoms with Gasteiger partial charge in [0, 0.05) is 24.4 Å². The summed E-state index contributed by atoms with van der Waals surface area (Å²) in [5, 5.41) is -0.318. The summed E-state index contributed by atoms with van der Waals surface area (Å²) in [7, 11) is 0. The Morgan fingerprint density at radius 3 is 2.54 bits per heavy atom. The summed E-state index contributed by atoms with van der Waals surface area (Å²) in [6.07, 6.45) is -4.72. The van der Waals surface area contributed by atoms with Gasteiger partial charge in [0.25, 0.3) is 0 Å². The van der Waals surface area contributed by atoms with Crippen molar-refractivity contribution < 1.29 is 26.7 Å². The molecule has 0 amide bonds. The predicted molar refractivity (Wildman–Crippen MR) is 83.9 cm³/mol. The molecule has 0 saturated heterocycles. The van der Waals surface area contributed by atoms with E-state index in [-0.39, 0.29) is 17.4 Å². The third-order valence-electron chi connectivity index (χ3n) is 2.71. The van der Waals surface area contributed by atoms with Crippen molar-refractivity contribution in [2.24, 2.45) is 4.99 Å². The van der Waals surface area contributed by atoms with Crippen molar-refractivity contribution in [1.82, 2.24) is 0 Å². The van der Waals surface area contributed by atoms with Gasteiger partial charge in [-0.05, 0) is 31.0 Å². The summed E-state index contributed by atoms with van der Waals surface area (Å²) < 4.78 is 67.7. The van der Waals surface area contributed by atoms with Crippen LogP contribution in [0.3, 0.4) is 0 Å². The zero-order valence-corrected chi connectivity index (χ0v) is 13.8. The molecule has 8 heteroatoms. The maximum atomic E-state index is 13.6. The average molecular weight is 370 g/mol. The number of halogens is 6. The van der Waals surface area contributed by atoms with E-state index in [1.165, 1.54) is 6.21 Å². The van der Waals surface area contributed by atoms with Gasteiger partial charge >= 0.3 is 12.5 Å². The van der Waals surface area contributed by atoms with Crippen LogP contribution in [0, 0.1) is 5.82 Å². The van der Waals surface area contributed by atoms with Crippen LogP contribution in [-0.2, 0) is 6.42 Å². The van der Waals surface area contributed by atoms with Crippen LogP contribution in [0.2, 0.25) is 0 Å². The zero-order chi connectivity index (χ0) is 18.3. The van der Waals surface area contributed by atoms with Gasteiger partial charge in [-0.1, -0.05) is 13.0 Å². The molecule has 1 aromatic carbocycles. The Kier molecular flexibility index (Phi) is 7.66. The van der Waals surface area contributed by atoms with Crippen molar-refractivity contribution in [3.63, 3.8) is 0 Å². The van der Waals surface area contributed by atoms with Crippen molar-refractivity contribution >= 4 is 17.8 Å². The van der Waals surface area contributed by atoms with Crippen LogP contribution in [0.15, 0.2) is 35.0 Å². The van der Waals surface area contributed by atoms with Crippen LogP contribution in [-0.4, -0.2) is 24.1 Å². The van der Waals surface area contributed by atoms with Crippen LogP contribution in [0.4, 0.5) is 22.0 Å². The Labute approximate surface area is 142 Å². The van der Waals surface area contributed by atoms with Crippen LogP contribution >= 0.6 is 11.6 Å². The largest absolute Gasteiger partial charge is 0.461 e. The molecule has 1 atom stereocenters. The number of hydrogen-bond donors (Lipinski definition) is 0. The van der Waals surface area contributed by atoms with Gasteiger partial charge in [-0.15, -0.1) is 11.6 Å². The molecule has 0 fully saturated rings. The zero-order valence-electron chi connectivity index (χ0n) is 13.1. The fourth-order valence-corrected chi connectivity index (χ4v) is 1.85. The molecule has 0 N–H and O–H groups in total. The Morgan fingerprint density at radius 2 is 2.00 bits per heavy atom. The maximum Gasteiger partial charge on any atom is 0.461 e. The molecule has 1 rings (SSSR count). The monoisotopic (exact) mass is 369 g/mol. The Morgan fingerprint density at radius 1 is 1.33 bits per heavy atom. The van der Waals surface area contributed by atoms with E-state index in [1.54, 1.807) is 13.0 Å². The van der Waals surface area contributed by atoms with Gasteiger partial charge in [-0.3, -0.25) is 4.99 Å². The van der Waals surface area contributed by atoms with E-state index in [0.717, 1.165) is 12.1 Å². The standard InChI is InChI=1S/C16H17ClF5NO/c1-3-4-13(23-9-10(2)17)6-11-5-12(18)8-14(7-11)24-16(21,22)15(19)20/h4-5,7-10,15H,3,6H2,1-2H3/b13-4-,23-9?. The molecule has 0 aliphatic carbocycles. The lowest BCUT2D eigenvalue weighted by Crippen LogP contribution is -2.33. The maximum absolute atomic E-state index is 13.6. The van der Waals surface area contributed by atoms with Gasteiger partial charge in [-0.2, -0.15) is 17.6 Å². The molecule has 0 bridgehead atoms. The third-order valence-corrected chi connectivity index (χ3v) is 2.82. The first-order valence-corrected chi connectivity index (χ1v) is 7.59. The number of rotatable bonds is 8. The number of allylic oxidation sites excluding steroid dienone is 2. The minimum atomic E-state index is -4.70. The van der Waals surface area contributed by atoms with E-state index in [2.05, 4.69) is 9.73 Å². The number of aliphatic imine (C=N–C) groups is 1. The van der Waals surface area contributed by atoms with Gasteiger partial charge in [0.15, 0.2) is 0 Å². The summed E-state index contributed by atoms with van der Waals surface area (Å²) in [5.41, 5.74) is 0.802. The van der Waals surface area contributed by atoms with E-state index >= 15 is 0 Å². The van der Waals surface area contributed by atoms with Gasteiger partial charge in [0.05, 0.1) is 5.38 Å². The molecule has 0 saturated carbocycles. The Bertz CT molecular complexity index is 602. The van der Waals surface area contributed by atoms with Gasteiger partial charge in [0.2, 0.25) is 0 Å². The molecule has 1 unspecified atom stereocenters. The number of benzene rings is 1. The minimum absolute atomic E-state index is 0.113. The topological polar surface area (TPSA) is 21.6 Å². The second-order valence-corrected chi connectivity index (χ2v) is 5.68. The smallest absolute Gasteiger partial charge is 0.428 e. The highest BCUT2D eigenvalue weighted by molar-refractivity contribution is 6.27. The van der Waals surface area contributed by atoms with E-state index in [1.807, 2.05) is 6.92 Å². The first kappa shape index (κ1) is 20.4. The van der Waals surface area contributed by atoms with E-state index in [0.29, 0.717) is 18.2 Å². The summed E-state index contributed by atoms with van der Waals surface area (Å²) >= 11 is 5.77. The van der Waals surface area contributed by atoms with Gasteiger partial charge in [-0.25, -0.2) is 4.39 Å². The van der Waals surface area contributed by atoms with Crippen LogP contribution < -0.4 is 4.74 Å². The highest BCUT2D eigenvalue weighted by Crippen LogP contribution is 2.29. The highest BCUT2D eigenvalue weighted by Gasteiger charge is 2.44. The average Bonchev–Trinajstić information content (AvgIpc) is 2.43. The summed E-state index contributed by atoms with van der Waals surface area (Å²) in [5.74, 6) is -1.56. The predicted octanol–water partition coefficient (Wildman–Crippen LogP) is 5.60. The van der Waals surface area contributed by atoms with Crippen LogP contribution in [0.25, 0.3) is 0 Å². The molecule has 0 aromatic heterocycles. The minimum Gasteiger partial charge on any atom is -0.428 e. The molecule has 0 heterocycles. The molecule has 0 spiro atoms. The number of hydrogen-bond acceptors (Lipinski definition) is 2. The Hall–Kier alpha value is -1.63. The SMILES string of the molecule is CC/C=C(/Cc1cc(F)cc(OC(F)(F)C(F)F)c1)N=CC(C)Cl. The summed E-state index contributed by atoms with van der Waals surface area (Å²) in [6, 6.07) is 2.78. The fraction of sp³-hybridized carbons (Fsp3) is 0.438. The molecule has 134 valence electrons. The van der Waals surface area contributed by atoms with Crippen molar-refractivity contribution in [1.29, 1.82) is 0 Å². The molecule has 2 nitrogen and oxygen atoms in total. The lowest BCUT2D eigenvalue weighted by Gasteiger charge is -2.17. The molecular formula is C16H17ClF5NO. The molecular weight excluding hydrogens is 353 g/mol. The summed E-state index contributed by atoms with van der Waals surface area (Å²) in [6.45, 7) is 3.57. The van der Waals surface area contributed by atoms with Crippen molar-refractivity contribution in [2.45, 2.75) is 44.6 Å². The Balaban J connectivity index is 3.02. The van der Waals surface area contributed by atoms with Crippen molar-refractivity contribution in [3.8, 4) is 5.75 Å². The lowest BCUT2D eigenvalue weighted by molar-refractivity contribution is -0.253. The molecule has 0 radical (unpaired) electrons. The van der Waals surface area contributed by atoms with Crippen LogP contribution in [0.1, 0.15) is 25.8 Å². The first-order chi connectivity index (χ1) is 11.1. The molecule has 1 aromatic rings. The highest BCUT2D eigenvalue weighted by atomic mass is 35.5. The quantitative estimate of drug-likeness (QED) is 0.332. The number of ether oxygens (including phenoxy) is 1. The van der Waals surface area contributed by atoms with E-state index < -0.39 is 24.1 Å². The van der Waals surface area contributed by atoms with Crippen LogP contribution in [0.5, 0.6) is 5.75 Å². The first-order valence-electron chi connectivity index (χ1n) is 7.15. The lowest BCUT2D eigenvalue weighted by atomic mass is 10.1. The summed E-state index contributed by atoms with van der Waals surface area (Å²) in [4.78, 5) is 4.14. The van der Waals surface area contributed by atoms with E-state index in [4.69, 9.17) is 11.6 Å². The van der Waals surface area contributed by atoms with Gasteiger partial charge < -0.3 is 4.74 Å². The molecule has 24 heavy (non-hydrogen) atoms. The second-order valence-electron chi connectivity index (χ2n) is 5.00. The van der Waals surface area contributed by atoms with Crippen molar-refractivity contribution in [3.05, 3.63) is 41.4 Å². The van der Waals surface area contributed by atoms with E-state index in [9.17, 15) is 22.0 Å². The molecule has 0 aliphatic rings. The number of nitrogens with zero attached hydrogens (tertiary/aromatic N) is 1. The van der Waals surface area contributed by atoms with Crippen molar-refractivity contribution in [2.75, 3.05) is 0 Å². The fourth-order valence-electron chi connectivity index (χ4n) is 1.80. The number of alkyl halides is 5. The normalized spacial score (nSPS) is 14.5. The molecule has 0 aliphatic heterocycles. The second kappa shape index (κ2) is 9.01.